The van der Waals surface area contributed by atoms with Crippen LogP contribution in [0.1, 0.15) is 49.5 Å². The summed E-state index contributed by atoms with van der Waals surface area (Å²) in [6.45, 7) is 3.90. The third-order valence-electron chi connectivity index (χ3n) is 4.35. The normalized spacial score (nSPS) is 22.7. The molecule has 0 saturated heterocycles. The van der Waals surface area contributed by atoms with Crippen molar-refractivity contribution in [1.29, 1.82) is 0 Å². The number of aryl methyl sites for hydroxylation is 1. The zero-order valence-corrected chi connectivity index (χ0v) is 12.3. The minimum absolute atomic E-state index is 0.00529. The number of rotatable bonds is 6. The lowest BCUT2D eigenvalue weighted by atomic mass is 9.79. The number of carbonyl (C=O) groups is 1. The fourth-order valence-electron chi connectivity index (χ4n) is 3.16. The van der Waals surface area contributed by atoms with E-state index >= 15 is 0 Å². The lowest BCUT2D eigenvalue weighted by Gasteiger charge is -2.30. The van der Waals surface area contributed by atoms with Crippen molar-refractivity contribution in [3.8, 4) is 0 Å². The van der Waals surface area contributed by atoms with E-state index in [1.807, 2.05) is 22.9 Å². The molecule has 2 atom stereocenters. The van der Waals surface area contributed by atoms with Crippen molar-refractivity contribution in [1.82, 2.24) is 9.88 Å². The van der Waals surface area contributed by atoms with Crippen LogP contribution in [0.15, 0.2) is 18.3 Å². The molecule has 4 heteroatoms. The van der Waals surface area contributed by atoms with Crippen molar-refractivity contribution in [3.63, 3.8) is 0 Å². The zero-order chi connectivity index (χ0) is 14.4. The lowest BCUT2D eigenvalue weighted by Crippen LogP contribution is -2.36. The maximum Gasteiger partial charge on any atom is 0.267 e. The van der Waals surface area contributed by atoms with Gasteiger partial charge in [-0.25, -0.2) is 0 Å². The molecule has 2 N–H and O–H groups in total. The number of hydrogen-bond acceptors (Lipinski definition) is 2. The van der Waals surface area contributed by atoms with Gasteiger partial charge in [0.2, 0.25) is 0 Å². The highest BCUT2D eigenvalue weighted by Gasteiger charge is 2.25. The van der Waals surface area contributed by atoms with E-state index in [0.717, 1.165) is 31.5 Å². The van der Waals surface area contributed by atoms with E-state index in [0.29, 0.717) is 18.4 Å². The average molecular weight is 278 g/mol. The van der Waals surface area contributed by atoms with E-state index in [4.69, 9.17) is 0 Å². The number of aliphatic hydroxyl groups excluding tert-OH is 1. The van der Waals surface area contributed by atoms with Gasteiger partial charge in [0.1, 0.15) is 5.69 Å². The summed E-state index contributed by atoms with van der Waals surface area (Å²) < 4.78 is 2.00. The van der Waals surface area contributed by atoms with E-state index in [1.165, 1.54) is 12.8 Å². The van der Waals surface area contributed by atoms with Crippen LogP contribution >= 0.6 is 0 Å². The quantitative estimate of drug-likeness (QED) is 0.839. The molecule has 1 aliphatic carbocycles. The predicted octanol–water partition coefficient (Wildman–Crippen LogP) is 2.43. The highest BCUT2D eigenvalue weighted by Crippen LogP contribution is 2.29. The molecule has 0 aromatic carbocycles. The van der Waals surface area contributed by atoms with Crippen LogP contribution < -0.4 is 5.32 Å². The van der Waals surface area contributed by atoms with E-state index in [2.05, 4.69) is 12.2 Å². The molecule has 2 rings (SSSR count). The first-order valence-corrected chi connectivity index (χ1v) is 7.80. The second-order valence-corrected chi connectivity index (χ2v) is 5.78. The minimum atomic E-state index is 0.00529. The maximum atomic E-state index is 12.2. The number of amides is 1. The van der Waals surface area contributed by atoms with Gasteiger partial charge >= 0.3 is 0 Å². The molecule has 1 amide bonds. The molecule has 1 aromatic heterocycles. The first-order chi connectivity index (χ1) is 9.76. The number of hydrogen-bond donors (Lipinski definition) is 2. The van der Waals surface area contributed by atoms with Gasteiger partial charge in [0.15, 0.2) is 0 Å². The van der Waals surface area contributed by atoms with E-state index < -0.39 is 0 Å². The van der Waals surface area contributed by atoms with Crippen LogP contribution in [0.25, 0.3) is 0 Å². The van der Waals surface area contributed by atoms with Gasteiger partial charge in [-0.15, -0.1) is 0 Å². The molecule has 4 nitrogen and oxygen atoms in total. The molecule has 112 valence electrons. The zero-order valence-electron chi connectivity index (χ0n) is 12.3. The van der Waals surface area contributed by atoms with Crippen molar-refractivity contribution >= 4 is 5.91 Å². The predicted molar refractivity (Wildman–Crippen MR) is 79.6 cm³/mol. The molecule has 1 aliphatic rings. The minimum Gasteiger partial charge on any atom is -0.396 e. The summed E-state index contributed by atoms with van der Waals surface area (Å²) in [6, 6.07) is 3.79. The molecule has 1 aromatic rings. The van der Waals surface area contributed by atoms with Gasteiger partial charge in [-0.05, 0) is 43.2 Å². The molecule has 1 saturated carbocycles. The molecule has 0 bridgehead atoms. The Kier molecular flexibility index (Phi) is 5.65. The largest absolute Gasteiger partial charge is 0.396 e. The van der Waals surface area contributed by atoms with Gasteiger partial charge in [0, 0.05) is 25.9 Å². The average Bonchev–Trinajstić information content (AvgIpc) is 2.94. The Balaban J connectivity index is 1.89. The Hall–Kier alpha value is -1.29. The Morgan fingerprint density at radius 1 is 1.40 bits per heavy atom. The van der Waals surface area contributed by atoms with Gasteiger partial charge < -0.3 is 15.0 Å². The number of aromatic nitrogens is 1. The van der Waals surface area contributed by atoms with Gasteiger partial charge in [0.05, 0.1) is 0 Å². The second kappa shape index (κ2) is 7.48. The summed E-state index contributed by atoms with van der Waals surface area (Å²) in [6.07, 6.45) is 7.59. The molecule has 0 radical (unpaired) electrons. The molecule has 0 spiro atoms. The Bertz CT molecular complexity index is 428. The smallest absolute Gasteiger partial charge is 0.267 e. The van der Waals surface area contributed by atoms with Crippen LogP contribution in [0.4, 0.5) is 0 Å². The second-order valence-electron chi connectivity index (χ2n) is 5.78. The molecule has 2 unspecified atom stereocenters. The molecule has 1 heterocycles. The van der Waals surface area contributed by atoms with Crippen LogP contribution in [0.5, 0.6) is 0 Å². The van der Waals surface area contributed by atoms with E-state index in [-0.39, 0.29) is 12.5 Å². The molecular weight excluding hydrogens is 252 g/mol. The summed E-state index contributed by atoms with van der Waals surface area (Å²) in [5.41, 5.74) is 0.739. The monoisotopic (exact) mass is 278 g/mol. The maximum absolute atomic E-state index is 12.2. The van der Waals surface area contributed by atoms with Crippen LogP contribution in [0.2, 0.25) is 0 Å². The summed E-state index contributed by atoms with van der Waals surface area (Å²) in [5, 5.41) is 12.5. The number of nitrogens with zero attached hydrogens (tertiary/aromatic N) is 1. The number of aliphatic hydroxyl groups is 1. The molecule has 1 fully saturated rings. The molecule has 0 aliphatic heterocycles. The SMILES string of the molecule is CCCn1cccc1C(=O)NCC1CCCCC1CO. The van der Waals surface area contributed by atoms with E-state index in [9.17, 15) is 9.90 Å². The summed E-state index contributed by atoms with van der Waals surface area (Å²) in [7, 11) is 0. The van der Waals surface area contributed by atoms with Gasteiger partial charge in [-0.3, -0.25) is 4.79 Å². The highest BCUT2D eigenvalue weighted by atomic mass is 16.3. The summed E-state index contributed by atoms with van der Waals surface area (Å²) >= 11 is 0. The topological polar surface area (TPSA) is 54.3 Å². The molecular formula is C16H26N2O2. The van der Waals surface area contributed by atoms with Crippen LogP contribution in [0.3, 0.4) is 0 Å². The Morgan fingerprint density at radius 3 is 2.85 bits per heavy atom. The number of carbonyl (C=O) groups excluding carboxylic acids is 1. The van der Waals surface area contributed by atoms with Crippen molar-refractivity contribution in [2.75, 3.05) is 13.2 Å². The van der Waals surface area contributed by atoms with Crippen LogP contribution in [-0.4, -0.2) is 28.7 Å². The van der Waals surface area contributed by atoms with Gasteiger partial charge in [-0.1, -0.05) is 19.8 Å². The van der Waals surface area contributed by atoms with E-state index in [1.54, 1.807) is 0 Å². The highest BCUT2D eigenvalue weighted by molar-refractivity contribution is 5.92. The van der Waals surface area contributed by atoms with Gasteiger partial charge in [0.25, 0.3) is 5.91 Å². The summed E-state index contributed by atoms with van der Waals surface area (Å²) in [4.78, 5) is 12.2. The fraction of sp³-hybridized carbons (Fsp3) is 0.688. The summed E-state index contributed by atoms with van der Waals surface area (Å²) in [5.74, 6) is 0.782. The fourth-order valence-corrected chi connectivity index (χ4v) is 3.16. The van der Waals surface area contributed by atoms with Crippen molar-refractivity contribution < 1.29 is 9.90 Å². The lowest BCUT2D eigenvalue weighted by molar-refractivity contribution is 0.0900. The van der Waals surface area contributed by atoms with Crippen molar-refractivity contribution in [3.05, 3.63) is 24.0 Å². The Labute approximate surface area is 121 Å². The van der Waals surface area contributed by atoms with Crippen LogP contribution in [-0.2, 0) is 6.54 Å². The standard InChI is InChI=1S/C16H26N2O2/c1-2-9-18-10-5-8-15(18)16(20)17-11-13-6-3-4-7-14(13)12-19/h5,8,10,13-14,19H,2-4,6-7,9,11-12H2,1H3,(H,17,20). The molecule has 20 heavy (non-hydrogen) atoms. The first kappa shape index (κ1) is 15.1. The van der Waals surface area contributed by atoms with Gasteiger partial charge in [-0.2, -0.15) is 0 Å². The van der Waals surface area contributed by atoms with Crippen molar-refractivity contribution in [2.24, 2.45) is 11.8 Å². The van der Waals surface area contributed by atoms with Crippen LogP contribution in [0, 0.1) is 11.8 Å². The third kappa shape index (κ3) is 3.63. The number of nitrogens with one attached hydrogen (secondary N) is 1. The first-order valence-electron chi connectivity index (χ1n) is 7.80. The third-order valence-corrected chi connectivity index (χ3v) is 4.35. The Morgan fingerprint density at radius 2 is 2.15 bits per heavy atom. The van der Waals surface area contributed by atoms with Crippen molar-refractivity contribution in [2.45, 2.75) is 45.6 Å².